The van der Waals surface area contributed by atoms with E-state index in [4.69, 9.17) is 0 Å². The minimum absolute atomic E-state index is 0.797. The van der Waals surface area contributed by atoms with Crippen molar-refractivity contribution < 1.29 is 0 Å². The molecule has 0 fully saturated rings. The molecule has 0 heterocycles. The second-order valence-electron chi connectivity index (χ2n) is 4.80. The summed E-state index contributed by atoms with van der Waals surface area (Å²) in [5.74, 6) is 1.59. The first kappa shape index (κ1) is 13.6. The highest BCUT2D eigenvalue weighted by atomic mass is 15.1. The summed E-state index contributed by atoms with van der Waals surface area (Å²) in [4.78, 5) is 0. The van der Waals surface area contributed by atoms with Crippen LogP contribution in [0.2, 0.25) is 0 Å². The summed E-state index contributed by atoms with van der Waals surface area (Å²) in [7, 11) is 0. The van der Waals surface area contributed by atoms with Gasteiger partial charge in [-0.3, -0.25) is 0 Å². The van der Waals surface area contributed by atoms with Crippen LogP contribution in [0, 0.1) is 11.8 Å². The topological polar surface area (TPSA) is 24.7 Å². The van der Waals surface area contributed by atoms with Crippen LogP contribution in [0.15, 0.2) is 10.2 Å². The summed E-state index contributed by atoms with van der Waals surface area (Å²) in [5.41, 5.74) is 0. The maximum atomic E-state index is 4.17. The zero-order valence-electron chi connectivity index (χ0n) is 10.3. The zero-order chi connectivity index (χ0) is 10.8. The lowest BCUT2D eigenvalue weighted by molar-refractivity contribution is 0.543. The van der Waals surface area contributed by atoms with Crippen molar-refractivity contribution in [3.63, 3.8) is 0 Å². The molecule has 0 amide bonds. The molecular weight excluding hydrogens is 172 g/mol. The fraction of sp³-hybridized carbons (Fsp3) is 1.00. The molecule has 0 spiro atoms. The highest BCUT2D eigenvalue weighted by Crippen LogP contribution is 2.04. The summed E-state index contributed by atoms with van der Waals surface area (Å²) in [6.07, 6.45) is 4.91. The van der Waals surface area contributed by atoms with Crippen LogP contribution < -0.4 is 0 Å². The van der Waals surface area contributed by atoms with E-state index in [0.717, 1.165) is 24.9 Å². The maximum Gasteiger partial charge on any atom is 0.0599 e. The number of hydrogen-bond donors (Lipinski definition) is 0. The van der Waals surface area contributed by atoms with Gasteiger partial charge in [0.05, 0.1) is 13.1 Å². The zero-order valence-corrected chi connectivity index (χ0v) is 10.3. The van der Waals surface area contributed by atoms with Crippen LogP contribution in [-0.4, -0.2) is 13.1 Å². The standard InChI is InChI=1S/C12H26N2/c1-11(2)7-5-9-13-14-10-6-8-12(3)4/h11-12H,5-10H2,1-4H3. The van der Waals surface area contributed by atoms with E-state index >= 15 is 0 Å². The Balaban J connectivity index is 3.12. The summed E-state index contributed by atoms with van der Waals surface area (Å²) in [5, 5.41) is 8.33. The largest absolute Gasteiger partial charge is 0.194 e. The summed E-state index contributed by atoms with van der Waals surface area (Å²) in [6.45, 7) is 10.8. The monoisotopic (exact) mass is 198 g/mol. The van der Waals surface area contributed by atoms with Crippen molar-refractivity contribution in [2.45, 2.75) is 53.4 Å². The van der Waals surface area contributed by atoms with E-state index < -0.39 is 0 Å². The van der Waals surface area contributed by atoms with Gasteiger partial charge in [0.15, 0.2) is 0 Å². The Morgan fingerprint density at radius 1 is 0.714 bits per heavy atom. The molecule has 0 aliphatic heterocycles. The van der Waals surface area contributed by atoms with Gasteiger partial charge in [0.2, 0.25) is 0 Å². The van der Waals surface area contributed by atoms with E-state index in [-0.39, 0.29) is 0 Å². The average molecular weight is 198 g/mol. The SMILES string of the molecule is CC(C)CCCN=NCCCC(C)C. The first-order chi connectivity index (χ1) is 6.63. The normalized spacial score (nSPS) is 12.1. The molecule has 0 saturated carbocycles. The van der Waals surface area contributed by atoms with Gasteiger partial charge in [-0.25, -0.2) is 0 Å². The van der Waals surface area contributed by atoms with E-state index in [9.17, 15) is 0 Å². The quantitative estimate of drug-likeness (QED) is 0.410. The molecule has 0 aliphatic rings. The number of rotatable bonds is 8. The molecule has 0 rings (SSSR count). The third kappa shape index (κ3) is 11.6. The summed E-state index contributed by atoms with van der Waals surface area (Å²) in [6, 6.07) is 0. The van der Waals surface area contributed by atoms with E-state index in [2.05, 4.69) is 37.9 Å². The van der Waals surface area contributed by atoms with Crippen molar-refractivity contribution in [1.82, 2.24) is 0 Å². The van der Waals surface area contributed by atoms with Gasteiger partial charge in [-0.2, -0.15) is 10.2 Å². The van der Waals surface area contributed by atoms with Crippen LogP contribution in [0.4, 0.5) is 0 Å². The van der Waals surface area contributed by atoms with Gasteiger partial charge < -0.3 is 0 Å². The van der Waals surface area contributed by atoms with Gasteiger partial charge in [-0.15, -0.1) is 0 Å². The van der Waals surface area contributed by atoms with E-state index in [1.54, 1.807) is 0 Å². The molecule has 0 saturated heterocycles. The van der Waals surface area contributed by atoms with E-state index in [1.165, 1.54) is 25.7 Å². The second kappa shape index (κ2) is 9.17. The fourth-order valence-electron chi connectivity index (χ4n) is 1.28. The Hall–Kier alpha value is -0.400. The van der Waals surface area contributed by atoms with Crippen molar-refractivity contribution >= 4 is 0 Å². The van der Waals surface area contributed by atoms with Crippen LogP contribution in [0.3, 0.4) is 0 Å². The van der Waals surface area contributed by atoms with Gasteiger partial charge in [0, 0.05) is 0 Å². The van der Waals surface area contributed by atoms with Crippen molar-refractivity contribution in [2.75, 3.05) is 13.1 Å². The van der Waals surface area contributed by atoms with Gasteiger partial charge in [-0.05, 0) is 37.5 Å². The van der Waals surface area contributed by atoms with Gasteiger partial charge in [-0.1, -0.05) is 27.7 Å². The first-order valence-corrected chi connectivity index (χ1v) is 5.96. The van der Waals surface area contributed by atoms with Gasteiger partial charge >= 0.3 is 0 Å². The Morgan fingerprint density at radius 3 is 1.36 bits per heavy atom. The molecule has 0 aromatic rings. The van der Waals surface area contributed by atoms with Crippen LogP contribution in [-0.2, 0) is 0 Å². The van der Waals surface area contributed by atoms with E-state index in [1.807, 2.05) is 0 Å². The summed E-state index contributed by atoms with van der Waals surface area (Å²) >= 11 is 0. The third-order valence-corrected chi connectivity index (χ3v) is 2.18. The smallest absolute Gasteiger partial charge is 0.0599 e. The lowest BCUT2D eigenvalue weighted by Gasteiger charge is -2.01. The molecule has 0 bridgehead atoms. The average Bonchev–Trinajstić information content (AvgIpc) is 2.08. The third-order valence-electron chi connectivity index (χ3n) is 2.18. The molecule has 0 aromatic heterocycles. The highest BCUT2D eigenvalue weighted by Gasteiger charge is 1.93. The molecule has 0 radical (unpaired) electrons. The van der Waals surface area contributed by atoms with Crippen molar-refractivity contribution in [2.24, 2.45) is 22.1 Å². The molecule has 0 N–H and O–H groups in total. The lowest BCUT2D eigenvalue weighted by atomic mass is 10.1. The molecule has 2 nitrogen and oxygen atoms in total. The number of hydrogen-bond acceptors (Lipinski definition) is 2. The van der Waals surface area contributed by atoms with Crippen LogP contribution in [0.25, 0.3) is 0 Å². The molecular formula is C12H26N2. The highest BCUT2D eigenvalue weighted by molar-refractivity contribution is 4.50. The fourth-order valence-corrected chi connectivity index (χ4v) is 1.28. The molecule has 0 unspecified atom stereocenters. The molecule has 0 aliphatic carbocycles. The number of azo groups is 1. The van der Waals surface area contributed by atoms with Crippen LogP contribution in [0.1, 0.15) is 53.4 Å². The second-order valence-corrected chi connectivity index (χ2v) is 4.80. The Morgan fingerprint density at radius 2 is 1.07 bits per heavy atom. The number of nitrogens with zero attached hydrogens (tertiary/aromatic N) is 2. The Kier molecular flexibility index (Phi) is 8.90. The minimum Gasteiger partial charge on any atom is -0.194 e. The lowest BCUT2D eigenvalue weighted by Crippen LogP contribution is -1.90. The van der Waals surface area contributed by atoms with Crippen molar-refractivity contribution in [3.05, 3.63) is 0 Å². The van der Waals surface area contributed by atoms with Crippen molar-refractivity contribution in [1.29, 1.82) is 0 Å². The van der Waals surface area contributed by atoms with Crippen LogP contribution in [0.5, 0.6) is 0 Å². The molecule has 0 aromatic carbocycles. The minimum atomic E-state index is 0.797. The van der Waals surface area contributed by atoms with Gasteiger partial charge in [0.1, 0.15) is 0 Å². The first-order valence-electron chi connectivity index (χ1n) is 5.96. The van der Waals surface area contributed by atoms with Gasteiger partial charge in [0.25, 0.3) is 0 Å². The molecule has 14 heavy (non-hydrogen) atoms. The molecule has 84 valence electrons. The van der Waals surface area contributed by atoms with Crippen LogP contribution >= 0.6 is 0 Å². The maximum absolute atomic E-state index is 4.17. The molecule has 0 atom stereocenters. The van der Waals surface area contributed by atoms with E-state index in [0.29, 0.717) is 0 Å². The summed E-state index contributed by atoms with van der Waals surface area (Å²) < 4.78 is 0. The Bertz CT molecular complexity index is 123. The predicted octanol–water partition coefficient (Wildman–Crippen LogP) is 4.31. The Labute approximate surface area is 89.2 Å². The molecule has 2 heteroatoms. The predicted molar refractivity (Wildman–Crippen MR) is 62.7 cm³/mol. The van der Waals surface area contributed by atoms with Crippen molar-refractivity contribution in [3.8, 4) is 0 Å².